The molecule has 0 aromatic heterocycles. The van der Waals surface area contributed by atoms with Gasteiger partial charge in [-0.1, -0.05) is 18.2 Å². The fourth-order valence-electron chi connectivity index (χ4n) is 2.49. The molecule has 0 aliphatic rings. The van der Waals surface area contributed by atoms with Gasteiger partial charge in [-0.3, -0.25) is 9.52 Å². The van der Waals surface area contributed by atoms with Crippen LogP contribution in [0.2, 0.25) is 0 Å². The van der Waals surface area contributed by atoms with E-state index in [9.17, 15) is 26.4 Å². The highest BCUT2D eigenvalue weighted by Crippen LogP contribution is 2.36. The molecule has 0 radical (unpaired) electrons. The van der Waals surface area contributed by atoms with Crippen LogP contribution in [-0.2, 0) is 25.7 Å². The Hall–Kier alpha value is -2.75. The van der Waals surface area contributed by atoms with Gasteiger partial charge in [0.2, 0.25) is 0 Å². The summed E-state index contributed by atoms with van der Waals surface area (Å²) in [5.74, 6) is -0.617. The lowest BCUT2D eigenvalue weighted by Gasteiger charge is -2.16. The predicted molar refractivity (Wildman–Crippen MR) is 105 cm³/mol. The number of nitrogens with one attached hydrogen (secondary N) is 1. The molecule has 10 heteroatoms. The number of esters is 1. The number of carbonyl (C=O) groups excluding carboxylic acids is 1. The van der Waals surface area contributed by atoms with Gasteiger partial charge in [-0.15, -0.1) is 0 Å². The van der Waals surface area contributed by atoms with Gasteiger partial charge in [0.15, 0.2) is 0 Å². The second-order valence-electron chi connectivity index (χ2n) is 6.24. The minimum atomic E-state index is -4.61. The van der Waals surface area contributed by atoms with E-state index in [0.717, 1.165) is 18.2 Å². The van der Waals surface area contributed by atoms with Gasteiger partial charge in [0, 0.05) is 6.42 Å². The van der Waals surface area contributed by atoms with Crippen molar-refractivity contribution in [1.82, 2.24) is 0 Å². The number of ether oxygens (including phenoxy) is 2. The van der Waals surface area contributed by atoms with Gasteiger partial charge < -0.3 is 9.47 Å². The molecule has 6 nitrogen and oxygen atoms in total. The first-order valence-electron chi connectivity index (χ1n) is 9.21. The van der Waals surface area contributed by atoms with Crippen molar-refractivity contribution in [1.29, 1.82) is 0 Å². The predicted octanol–water partition coefficient (Wildman–Crippen LogP) is 4.62. The maximum Gasteiger partial charge on any atom is 0.416 e. The summed E-state index contributed by atoms with van der Waals surface area (Å²) >= 11 is 0. The van der Waals surface area contributed by atoms with Crippen molar-refractivity contribution in [2.24, 2.45) is 0 Å². The summed E-state index contributed by atoms with van der Waals surface area (Å²) in [7, 11) is -4.01. The number of alkyl halides is 3. The van der Waals surface area contributed by atoms with Crippen molar-refractivity contribution in [3.8, 4) is 5.75 Å². The average molecular weight is 445 g/mol. The van der Waals surface area contributed by atoms with E-state index in [2.05, 4.69) is 4.72 Å². The van der Waals surface area contributed by atoms with Gasteiger partial charge in [-0.05, 0) is 50.1 Å². The van der Waals surface area contributed by atoms with Crippen molar-refractivity contribution in [2.75, 3.05) is 17.9 Å². The lowest BCUT2D eigenvalue weighted by Crippen LogP contribution is -2.15. The van der Waals surface area contributed by atoms with Gasteiger partial charge in [-0.2, -0.15) is 13.2 Å². The van der Waals surface area contributed by atoms with Crippen molar-refractivity contribution < 1.29 is 35.9 Å². The van der Waals surface area contributed by atoms with Crippen molar-refractivity contribution in [3.63, 3.8) is 0 Å². The second kappa shape index (κ2) is 10.3. The highest BCUT2D eigenvalue weighted by molar-refractivity contribution is 7.92. The van der Waals surface area contributed by atoms with Crippen LogP contribution in [0.25, 0.3) is 0 Å². The van der Waals surface area contributed by atoms with Gasteiger partial charge in [0.05, 0.1) is 29.4 Å². The highest BCUT2D eigenvalue weighted by Gasteiger charge is 2.31. The van der Waals surface area contributed by atoms with Crippen LogP contribution >= 0.6 is 0 Å². The van der Waals surface area contributed by atoms with E-state index in [1.54, 1.807) is 13.0 Å². The molecule has 0 atom stereocenters. The van der Waals surface area contributed by atoms with Crippen molar-refractivity contribution in [2.45, 2.75) is 37.3 Å². The number of anilines is 1. The maximum absolute atomic E-state index is 13.1. The summed E-state index contributed by atoms with van der Waals surface area (Å²) in [6.45, 7) is 1.96. The molecule has 0 bridgehead atoms. The van der Waals surface area contributed by atoms with E-state index in [0.29, 0.717) is 12.8 Å². The number of rotatable bonds is 10. The minimum absolute atomic E-state index is 0.000774. The molecule has 164 valence electrons. The highest BCUT2D eigenvalue weighted by atomic mass is 32.2. The zero-order valence-electron chi connectivity index (χ0n) is 16.2. The molecule has 2 aromatic carbocycles. The van der Waals surface area contributed by atoms with E-state index in [1.807, 2.05) is 0 Å². The Balaban J connectivity index is 2.14. The Labute approximate surface area is 173 Å². The maximum atomic E-state index is 13.1. The number of benzene rings is 2. The monoisotopic (exact) mass is 445 g/mol. The van der Waals surface area contributed by atoms with Crippen LogP contribution in [-0.4, -0.2) is 27.6 Å². The summed E-state index contributed by atoms with van der Waals surface area (Å²) < 4.78 is 76.7. The molecule has 0 spiro atoms. The molecule has 0 aliphatic heterocycles. The van der Waals surface area contributed by atoms with Crippen LogP contribution in [0.3, 0.4) is 0 Å². The van der Waals surface area contributed by atoms with E-state index >= 15 is 0 Å². The lowest BCUT2D eigenvalue weighted by atomic mass is 10.2. The first-order valence-corrected chi connectivity index (χ1v) is 10.7. The van der Waals surface area contributed by atoms with Crippen molar-refractivity contribution in [3.05, 3.63) is 54.1 Å². The average Bonchev–Trinajstić information content (AvgIpc) is 2.68. The van der Waals surface area contributed by atoms with Crippen LogP contribution in [0.5, 0.6) is 5.75 Å². The lowest BCUT2D eigenvalue weighted by molar-refractivity contribution is -0.143. The third-order valence-electron chi connectivity index (χ3n) is 3.94. The van der Waals surface area contributed by atoms with Gasteiger partial charge in [-0.25, -0.2) is 8.42 Å². The topological polar surface area (TPSA) is 81.7 Å². The quantitative estimate of drug-likeness (QED) is 0.426. The summed E-state index contributed by atoms with van der Waals surface area (Å²) in [5, 5.41) is 0. The Morgan fingerprint density at radius 1 is 1.07 bits per heavy atom. The standard InChI is InChI=1S/C20H22F3NO5S/c1-2-28-19(25)10-6-7-13-29-18-14-15(20(21,22)23)11-12-17(18)24-30(26,27)16-8-4-3-5-9-16/h3-5,8-9,11-12,14,24H,2,6-7,10,13H2,1H3. The number of unbranched alkanes of at least 4 members (excludes halogenated alkanes) is 1. The molecule has 0 aliphatic carbocycles. The van der Waals surface area contributed by atoms with Crippen LogP contribution < -0.4 is 9.46 Å². The fourth-order valence-corrected chi connectivity index (χ4v) is 3.58. The number of halogens is 3. The molecule has 0 unspecified atom stereocenters. The molecule has 0 saturated heterocycles. The Bertz CT molecular complexity index is 947. The zero-order valence-corrected chi connectivity index (χ0v) is 17.1. The van der Waals surface area contributed by atoms with E-state index in [-0.39, 0.29) is 41.9 Å². The molecule has 1 N–H and O–H groups in total. The molecule has 2 rings (SSSR count). The van der Waals surface area contributed by atoms with Gasteiger partial charge in [0.25, 0.3) is 10.0 Å². The number of carbonyl (C=O) groups is 1. The zero-order chi connectivity index (χ0) is 22.2. The van der Waals surface area contributed by atoms with E-state index < -0.39 is 21.8 Å². The largest absolute Gasteiger partial charge is 0.491 e. The van der Waals surface area contributed by atoms with Crippen LogP contribution in [0.15, 0.2) is 53.4 Å². The third-order valence-corrected chi connectivity index (χ3v) is 5.33. The molecule has 0 saturated carbocycles. The fraction of sp³-hybridized carbons (Fsp3) is 0.350. The Morgan fingerprint density at radius 2 is 1.77 bits per heavy atom. The molecule has 0 heterocycles. The van der Waals surface area contributed by atoms with Crippen LogP contribution in [0.4, 0.5) is 18.9 Å². The number of hydrogen-bond acceptors (Lipinski definition) is 5. The molecular formula is C20H22F3NO5S. The van der Waals surface area contributed by atoms with E-state index in [1.165, 1.54) is 24.3 Å². The van der Waals surface area contributed by atoms with Crippen LogP contribution in [0, 0.1) is 0 Å². The van der Waals surface area contributed by atoms with E-state index in [4.69, 9.17) is 9.47 Å². The minimum Gasteiger partial charge on any atom is -0.491 e. The second-order valence-corrected chi connectivity index (χ2v) is 7.92. The van der Waals surface area contributed by atoms with Gasteiger partial charge >= 0.3 is 12.1 Å². The summed E-state index contributed by atoms with van der Waals surface area (Å²) in [5.41, 5.74) is -1.08. The Morgan fingerprint density at radius 3 is 2.40 bits per heavy atom. The van der Waals surface area contributed by atoms with Crippen LogP contribution in [0.1, 0.15) is 31.7 Å². The molecule has 30 heavy (non-hydrogen) atoms. The molecule has 2 aromatic rings. The smallest absolute Gasteiger partial charge is 0.416 e. The normalized spacial score (nSPS) is 11.7. The summed E-state index contributed by atoms with van der Waals surface area (Å²) in [6.07, 6.45) is -3.66. The first kappa shape index (κ1) is 23.5. The Kier molecular flexibility index (Phi) is 8.10. The number of hydrogen-bond donors (Lipinski definition) is 1. The summed E-state index contributed by atoms with van der Waals surface area (Å²) in [6, 6.07) is 9.96. The first-order chi connectivity index (χ1) is 14.1. The molecule has 0 amide bonds. The summed E-state index contributed by atoms with van der Waals surface area (Å²) in [4.78, 5) is 11.3. The van der Waals surface area contributed by atoms with Gasteiger partial charge in [0.1, 0.15) is 5.75 Å². The number of sulfonamides is 1. The van der Waals surface area contributed by atoms with Crippen molar-refractivity contribution >= 4 is 21.7 Å². The third kappa shape index (κ3) is 6.94. The molecular weight excluding hydrogens is 423 g/mol. The molecule has 0 fully saturated rings. The SMILES string of the molecule is CCOC(=O)CCCCOc1cc(C(F)(F)F)ccc1NS(=O)(=O)c1ccccc1.